The van der Waals surface area contributed by atoms with Crippen LogP contribution >= 0.6 is 0 Å². The molecule has 5 heteroatoms. The lowest BCUT2D eigenvalue weighted by Crippen LogP contribution is -2.04. The third-order valence-electron chi connectivity index (χ3n) is 2.48. The Hall–Kier alpha value is -1.49. The molecule has 2 rings (SSSR count). The summed E-state index contributed by atoms with van der Waals surface area (Å²) in [6.07, 6.45) is -2.26. The zero-order valence-electron chi connectivity index (χ0n) is 8.30. The summed E-state index contributed by atoms with van der Waals surface area (Å²) in [5, 5.41) is 9.51. The number of benzene rings is 1. The molecule has 0 amide bonds. The van der Waals surface area contributed by atoms with Crippen LogP contribution in [0.1, 0.15) is 11.1 Å². The van der Waals surface area contributed by atoms with E-state index in [-0.39, 0.29) is 6.61 Å². The highest BCUT2D eigenvalue weighted by Gasteiger charge is 2.30. The number of aliphatic hydroxyl groups excluding tert-OH is 1. The van der Waals surface area contributed by atoms with Gasteiger partial charge < -0.3 is 10.1 Å². The summed E-state index contributed by atoms with van der Waals surface area (Å²) in [5.74, 6) is 0. The summed E-state index contributed by atoms with van der Waals surface area (Å²) in [5.41, 5.74) is 0.599. The first kappa shape index (κ1) is 11.0. The Morgan fingerprint density at radius 2 is 2.00 bits per heavy atom. The molecule has 0 bridgehead atoms. The number of aromatic nitrogens is 1. The number of alkyl halides is 3. The van der Waals surface area contributed by atoms with Crippen molar-refractivity contribution in [2.45, 2.75) is 12.6 Å². The van der Waals surface area contributed by atoms with Crippen molar-refractivity contribution >= 4 is 10.9 Å². The number of hydrogen-bond donors (Lipinski definition) is 2. The molecule has 0 spiro atoms. The number of fused-ring (bicyclic) bond motifs is 1. The molecule has 2 aromatic rings. The Balaban J connectivity index is 2.49. The van der Waals surface area contributed by atoms with E-state index in [2.05, 4.69) is 4.98 Å². The Bertz CT molecular complexity index is 501. The first-order valence-electron chi connectivity index (χ1n) is 4.80. The van der Waals surface area contributed by atoms with E-state index in [1.54, 1.807) is 6.20 Å². The Morgan fingerprint density at radius 1 is 1.25 bits per heavy atom. The second-order valence-electron chi connectivity index (χ2n) is 3.55. The number of nitrogens with one attached hydrogen (secondary N) is 1. The van der Waals surface area contributed by atoms with Gasteiger partial charge in [0.05, 0.1) is 5.56 Å². The summed E-state index contributed by atoms with van der Waals surface area (Å²) in [6, 6.07) is 3.56. The van der Waals surface area contributed by atoms with Gasteiger partial charge in [0.15, 0.2) is 0 Å². The molecule has 0 aliphatic carbocycles. The topological polar surface area (TPSA) is 36.0 Å². The van der Waals surface area contributed by atoms with Crippen molar-refractivity contribution in [3.8, 4) is 0 Å². The smallest absolute Gasteiger partial charge is 0.396 e. The Morgan fingerprint density at radius 3 is 2.62 bits per heavy atom. The molecule has 2 nitrogen and oxygen atoms in total. The molecular weight excluding hydrogens is 219 g/mol. The summed E-state index contributed by atoms with van der Waals surface area (Å²) < 4.78 is 37.3. The Kier molecular flexibility index (Phi) is 2.63. The van der Waals surface area contributed by atoms with Gasteiger partial charge in [0.25, 0.3) is 0 Å². The highest BCUT2D eigenvalue weighted by molar-refractivity contribution is 5.83. The maximum absolute atomic E-state index is 12.4. The molecule has 0 saturated heterocycles. The number of rotatable bonds is 2. The quantitative estimate of drug-likeness (QED) is 0.816. The first-order valence-corrected chi connectivity index (χ1v) is 4.80. The lowest BCUT2D eigenvalue weighted by atomic mass is 10.1. The first-order chi connectivity index (χ1) is 7.52. The van der Waals surface area contributed by atoms with Gasteiger partial charge in [0, 0.05) is 23.7 Å². The SMILES string of the molecule is OCCc1c[nH]c2cc(C(F)(F)F)ccc12. The lowest BCUT2D eigenvalue weighted by Gasteiger charge is -2.06. The molecule has 0 aliphatic rings. The average Bonchev–Trinajstić information content (AvgIpc) is 2.60. The van der Waals surface area contributed by atoms with E-state index in [1.807, 2.05) is 0 Å². The van der Waals surface area contributed by atoms with Gasteiger partial charge in [-0.25, -0.2) is 0 Å². The van der Waals surface area contributed by atoms with Crippen LogP contribution in [-0.2, 0) is 12.6 Å². The van der Waals surface area contributed by atoms with Crippen molar-refractivity contribution in [2.75, 3.05) is 6.61 Å². The molecule has 0 atom stereocenters. The van der Waals surface area contributed by atoms with E-state index in [9.17, 15) is 13.2 Å². The molecular formula is C11H10F3NO. The monoisotopic (exact) mass is 229 g/mol. The number of halogens is 3. The standard InChI is InChI=1S/C11H10F3NO/c12-11(13,14)8-1-2-9-7(3-4-16)6-15-10(9)5-8/h1-2,5-6,15-16H,3-4H2. The predicted molar refractivity (Wildman–Crippen MR) is 54.1 cm³/mol. The van der Waals surface area contributed by atoms with Crippen LogP contribution in [0.2, 0.25) is 0 Å². The molecule has 2 N–H and O–H groups in total. The minimum atomic E-state index is -4.32. The third-order valence-corrected chi connectivity index (χ3v) is 2.48. The predicted octanol–water partition coefficient (Wildman–Crippen LogP) is 2.72. The normalized spacial score (nSPS) is 12.2. The highest BCUT2D eigenvalue weighted by atomic mass is 19.4. The fourth-order valence-electron chi connectivity index (χ4n) is 1.69. The van der Waals surface area contributed by atoms with Crippen LogP contribution in [0.3, 0.4) is 0 Å². The molecule has 0 radical (unpaired) electrons. The zero-order valence-corrected chi connectivity index (χ0v) is 8.30. The van der Waals surface area contributed by atoms with Crippen LogP contribution in [0.4, 0.5) is 13.2 Å². The molecule has 1 aromatic carbocycles. The van der Waals surface area contributed by atoms with Gasteiger partial charge in [-0.05, 0) is 24.1 Å². The van der Waals surface area contributed by atoms with Gasteiger partial charge in [0.1, 0.15) is 0 Å². The molecule has 0 saturated carbocycles. The maximum Gasteiger partial charge on any atom is 0.416 e. The van der Waals surface area contributed by atoms with Gasteiger partial charge in [-0.3, -0.25) is 0 Å². The fourth-order valence-corrected chi connectivity index (χ4v) is 1.69. The molecule has 0 aliphatic heterocycles. The molecule has 16 heavy (non-hydrogen) atoms. The van der Waals surface area contributed by atoms with Crippen molar-refractivity contribution < 1.29 is 18.3 Å². The van der Waals surface area contributed by atoms with Crippen molar-refractivity contribution in [2.24, 2.45) is 0 Å². The van der Waals surface area contributed by atoms with E-state index in [0.717, 1.165) is 23.1 Å². The highest BCUT2D eigenvalue weighted by Crippen LogP contribution is 2.31. The van der Waals surface area contributed by atoms with Crippen LogP contribution in [0.25, 0.3) is 10.9 Å². The summed E-state index contributed by atoms with van der Waals surface area (Å²) >= 11 is 0. The molecule has 1 aromatic heterocycles. The van der Waals surface area contributed by atoms with E-state index >= 15 is 0 Å². The molecule has 1 heterocycles. The van der Waals surface area contributed by atoms with Crippen molar-refractivity contribution in [3.63, 3.8) is 0 Å². The van der Waals surface area contributed by atoms with Gasteiger partial charge in [-0.15, -0.1) is 0 Å². The third kappa shape index (κ3) is 1.90. The average molecular weight is 229 g/mol. The van der Waals surface area contributed by atoms with Gasteiger partial charge in [0.2, 0.25) is 0 Å². The van der Waals surface area contributed by atoms with Crippen molar-refractivity contribution in [3.05, 3.63) is 35.5 Å². The lowest BCUT2D eigenvalue weighted by molar-refractivity contribution is -0.137. The van der Waals surface area contributed by atoms with Crippen molar-refractivity contribution in [1.29, 1.82) is 0 Å². The van der Waals surface area contributed by atoms with Crippen LogP contribution < -0.4 is 0 Å². The van der Waals surface area contributed by atoms with E-state index in [1.165, 1.54) is 6.07 Å². The largest absolute Gasteiger partial charge is 0.416 e. The minimum Gasteiger partial charge on any atom is -0.396 e. The van der Waals surface area contributed by atoms with Gasteiger partial charge >= 0.3 is 6.18 Å². The second-order valence-corrected chi connectivity index (χ2v) is 3.55. The second kappa shape index (κ2) is 3.83. The van der Waals surface area contributed by atoms with Crippen LogP contribution in [0.15, 0.2) is 24.4 Å². The summed E-state index contributed by atoms with van der Waals surface area (Å²) in [7, 11) is 0. The number of aliphatic hydroxyl groups is 1. The zero-order chi connectivity index (χ0) is 11.8. The van der Waals surface area contributed by atoms with E-state index in [4.69, 9.17) is 5.11 Å². The summed E-state index contributed by atoms with van der Waals surface area (Å²) in [6.45, 7) is -0.0199. The Labute approximate surface area is 89.7 Å². The van der Waals surface area contributed by atoms with Crippen molar-refractivity contribution in [1.82, 2.24) is 4.98 Å². The molecule has 0 unspecified atom stereocenters. The van der Waals surface area contributed by atoms with Crippen LogP contribution in [0, 0.1) is 0 Å². The van der Waals surface area contributed by atoms with Crippen LogP contribution in [0.5, 0.6) is 0 Å². The number of H-pyrrole nitrogens is 1. The van der Waals surface area contributed by atoms with E-state index in [0.29, 0.717) is 11.9 Å². The fraction of sp³-hybridized carbons (Fsp3) is 0.273. The number of aromatic amines is 1. The summed E-state index contributed by atoms with van der Waals surface area (Å²) in [4.78, 5) is 2.77. The van der Waals surface area contributed by atoms with Gasteiger partial charge in [-0.2, -0.15) is 13.2 Å². The molecule has 0 fully saturated rings. The molecule has 86 valence electrons. The van der Waals surface area contributed by atoms with Crippen LogP contribution in [-0.4, -0.2) is 16.7 Å². The minimum absolute atomic E-state index is 0.0199. The maximum atomic E-state index is 12.4. The number of hydrogen-bond acceptors (Lipinski definition) is 1. The van der Waals surface area contributed by atoms with E-state index < -0.39 is 11.7 Å². The van der Waals surface area contributed by atoms with Gasteiger partial charge in [-0.1, -0.05) is 6.07 Å².